The number of phenols is 2. The Bertz CT molecular complexity index is 1140. The minimum atomic E-state index is -0.715. The summed E-state index contributed by atoms with van der Waals surface area (Å²) >= 11 is 0. The molecular formula is C22H26N4O5. The Labute approximate surface area is 179 Å². The number of nitrogens with zero attached hydrogens (tertiary/aromatic N) is 1. The second kappa shape index (κ2) is 8.86. The lowest BCUT2D eigenvalue weighted by molar-refractivity contribution is 0.0935. The van der Waals surface area contributed by atoms with E-state index in [1.165, 1.54) is 6.07 Å². The lowest BCUT2D eigenvalue weighted by atomic mass is 10.1. The zero-order chi connectivity index (χ0) is 22.7. The van der Waals surface area contributed by atoms with Gasteiger partial charge >= 0.3 is 6.03 Å². The molecule has 0 aliphatic carbocycles. The van der Waals surface area contributed by atoms with Gasteiger partial charge in [-0.15, -0.1) is 0 Å². The van der Waals surface area contributed by atoms with Crippen LogP contribution in [0, 0.1) is 0 Å². The highest BCUT2D eigenvalue weighted by Crippen LogP contribution is 2.34. The summed E-state index contributed by atoms with van der Waals surface area (Å²) in [7, 11) is 1.59. The largest absolute Gasteiger partial charge is 0.508 e. The molecule has 0 unspecified atom stereocenters. The number of urea groups is 1. The third-order valence-electron chi connectivity index (χ3n) is 4.98. The molecule has 5 N–H and O–H groups in total. The molecule has 0 bridgehead atoms. The van der Waals surface area contributed by atoms with Crippen LogP contribution in [0.5, 0.6) is 17.2 Å². The monoisotopic (exact) mass is 426 g/mol. The molecule has 0 aliphatic heterocycles. The Balaban J connectivity index is 1.75. The highest BCUT2D eigenvalue weighted by molar-refractivity contribution is 6.04. The number of fused-ring (bicyclic) bond motifs is 1. The fourth-order valence-electron chi connectivity index (χ4n) is 3.38. The van der Waals surface area contributed by atoms with Gasteiger partial charge in [0.1, 0.15) is 17.2 Å². The minimum Gasteiger partial charge on any atom is -0.508 e. The maximum absolute atomic E-state index is 12.4. The molecule has 0 aliphatic rings. The van der Waals surface area contributed by atoms with Gasteiger partial charge in [0, 0.05) is 23.7 Å². The van der Waals surface area contributed by atoms with E-state index in [-0.39, 0.29) is 23.1 Å². The van der Waals surface area contributed by atoms with Crippen LogP contribution in [0.2, 0.25) is 0 Å². The molecule has 2 aromatic carbocycles. The van der Waals surface area contributed by atoms with E-state index in [1.54, 1.807) is 19.2 Å². The SMILES string of the molecule is CCc1cc(C(=O)NNC(=O)Nc2ccc(OC)c3c2ccn3C(C)C)c(O)cc1O. The molecule has 9 heteroatoms. The van der Waals surface area contributed by atoms with Gasteiger partial charge in [0.05, 0.1) is 23.9 Å². The number of carbonyl (C=O) groups is 2. The second-order valence-electron chi connectivity index (χ2n) is 7.28. The summed E-state index contributed by atoms with van der Waals surface area (Å²) in [5.41, 5.74) is 6.36. The van der Waals surface area contributed by atoms with Crippen LogP contribution in [0.25, 0.3) is 10.9 Å². The molecule has 3 amide bonds. The molecule has 0 spiro atoms. The number of methoxy groups -OCH3 is 1. The molecule has 31 heavy (non-hydrogen) atoms. The van der Waals surface area contributed by atoms with Crippen LogP contribution < -0.4 is 20.9 Å². The van der Waals surface area contributed by atoms with E-state index in [0.717, 1.165) is 17.0 Å². The van der Waals surface area contributed by atoms with Gasteiger partial charge in [0.2, 0.25) is 0 Å². The van der Waals surface area contributed by atoms with Gasteiger partial charge in [0.15, 0.2) is 0 Å². The third-order valence-corrected chi connectivity index (χ3v) is 4.98. The molecule has 0 atom stereocenters. The van der Waals surface area contributed by atoms with E-state index in [2.05, 4.69) is 16.2 Å². The number of carbonyl (C=O) groups excluding carboxylic acids is 2. The zero-order valence-electron chi connectivity index (χ0n) is 17.8. The number of anilines is 1. The molecule has 0 radical (unpaired) electrons. The lowest BCUT2D eigenvalue weighted by Crippen LogP contribution is -2.44. The number of hydrazine groups is 1. The summed E-state index contributed by atoms with van der Waals surface area (Å²) < 4.78 is 7.49. The molecule has 0 saturated carbocycles. The van der Waals surface area contributed by atoms with Crippen LogP contribution in [-0.4, -0.2) is 33.8 Å². The number of phenolic OH excluding ortho intramolecular Hbond substituents is 2. The Morgan fingerprint density at radius 1 is 1.10 bits per heavy atom. The molecular weight excluding hydrogens is 400 g/mol. The molecule has 0 saturated heterocycles. The molecule has 1 aromatic heterocycles. The number of aromatic nitrogens is 1. The van der Waals surface area contributed by atoms with Crippen molar-refractivity contribution in [1.82, 2.24) is 15.4 Å². The van der Waals surface area contributed by atoms with Crippen LogP contribution in [0.15, 0.2) is 36.5 Å². The molecule has 3 rings (SSSR count). The van der Waals surface area contributed by atoms with Crippen molar-refractivity contribution >= 4 is 28.5 Å². The van der Waals surface area contributed by atoms with Crippen LogP contribution in [0.3, 0.4) is 0 Å². The van der Waals surface area contributed by atoms with E-state index in [1.807, 2.05) is 37.6 Å². The predicted molar refractivity (Wildman–Crippen MR) is 118 cm³/mol. The second-order valence-corrected chi connectivity index (χ2v) is 7.28. The Morgan fingerprint density at radius 2 is 1.84 bits per heavy atom. The van der Waals surface area contributed by atoms with Crippen LogP contribution in [-0.2, 0) is 6.42 Å². The zero-order valence-corrected chi connectivity index (χ0v) is 17.8. The molecule has 0 fully saturated rings. The van der Waals surface area contributed by atoms with Gasteiger partial charge in [-0.1, -0.05) is 6.92 Å². The Kier molecular flexibility index (Phi) is 6.24. The van der Waals surface area contributed by atoms with Gasteiger partial charge in [-0.25, -0.2) is 10.2 Å². The van der Waals surface area contributed by atoms with Crippen molar-refractivity contribution in [3.63, 3.8) is 0 Å². The quantitative estimate of drug-likeness (QED) is 0.398. The molecule has 3 aromatic rings. The van der Waals surface area contributed by atoms with Gasteiger partial charge in [-0.2, -0.15) is 0 Å². The van der Waals surface area contributed by atoms with Crippen molar-refractivity contribution < 1.29 is 24.5 Å². The van der Waals surface area contributed by atoms with Crippen molar-refractivity contribution in [2.45, 2.75) is 33.2 Å². The van der Waals surface area contributed by atoms with Crippen molar-refractivity contribution in [3.05, 3.63) is 47.7 Å². The first-order chi connectivity index (χ1) is 14.8. The summed E-state index contributed by atoms with van der Waals surface area (Å²) in [5.74, 6) is -0.518. The van der Waals surface area contributed by atoms with Gasteiger partial charge < -0.3 is 24.8 Å². The molecule has 164 valence electrons. The number of aryl methyl sites for hydroxylation is 1. The number of ether oxygens (including phenoxy) is 1. The van der Waals surface area contributed by atoms with Crippen LogP contribution in [0.1, 0.15) is 42.7 Å². The number of aromatic hydroxyl groups is 2. The first-order valence-corrected chi connectivity index (χ1v) is 9.86. The number of hydrogen-bond donors (Lipinski definition) is 5. The summed E-state index contributed by atoms with van der Waals surface area (Å²) in [4.78, 5) is 24.7. The number of rotatable bonds is 5. The van der Waals surface area contributed by atoms with Crippen molar-refractivity contribution in [2.24, 2.45) is 0 Å². The average molecular weight is 426 g/mol. The van der Waals surface area contributed by atoms with Gasteiger partial charge in [-0.3, -0.25) is 10.2 Å². The van der Waals surface area contributed by atoms with E-state index in [0.29, 0.717) is 23.4 Å². The Hall–Kier alpha value is -3.88. The molecule has 1 heterocycles. The van der Waals surface area contributed by atoms with E-state index in [9.17, 15) is 19.8 Å². The summed E-state index contributed by atoms with van der Waals surface area (Å²) in [6.45, 7) is 5.90. The van der Waals surface area contributed by atoms with Gasteiger partial charge in [-0.05, 0) is 50.1 Å². The van der Waals surface area contributed by atoms with Gasteiger partial charge in [0.25, 0.3) is 5.91 Å². The standard InChI is InChI=1S/C22H26N4O5/c1-5-13-10-15(18(28)11-17(13)27)21(29)24-25-22(30)23-16-6-7-19(31-4)20-14(16)8-9-26(20)12(2)3/h6-12,27-28H,5H2,1-4H3,(H,24,29)(H2,23,25,30). The fourth-order valence-corrected chi connectivity index (χ4v) is 3.38. The van der Waals surface area contributed by atoms with E-state index in [4.69, 9.17) is 4.74 Å². The summed E-state index contributed by atoms with van der Waals surface area (Å²) in [5, 5.41) is 23.2. The first-order valence-electron chi connectivity index (χ1n) is 9.86. The fraction of sp³-hybridized carbons (Fsp3) is 0.273. The minimum absolute atomic E-state index is 0.0594. The number of hydrogen-bond acceptors (Lipinski definition) is 5. The van der Waals surface area contributed by atoms with Crippen LogP contribution >= 0.6 is 0 Å². The number of nitrogens with one attached hydrogen (secondary N) is 3. The topological polar surface area (TPSA) is 125 Å². The average Bonchev–Trinajstić information content (AvgIpc) is 3.18. The first kappa shape index (κ1) is 21.8. The molecule has 9 nitrogen and oxygen atoms in total. The normalized spacial score (nSPS) is 10.9. The van der Waals surface area contributed by atoms with E-state index >= 15 is 0 Å². The lowest BCUT2D eigenvalue weighted by Gasteiger charge is -2.15. The van der Waals surface area contributed by atoms with Crippen molar-refractivity contribution in [2.75, 3.05) is 12.4 Å². The smallest absolute Gasteiger partial charge is 0.337 e. The van der Waals surface area contributed by atoms with Crippen LogP contribution in [0.4, 0.5) is 10.5 Å². The summed E-state index contributed by atoms with van der Waals surface area (Å²) in [6.07, 6.45) is 2.39. The Morgan fingerprint density at radius 3 is 2.48 bits per heavy atom. The van der Waals surface area contributed by atoms with E-state index < -0.39 is 11.9 Å². The third kappa shape index (κ3) is 4.35. The highest BCUT2D eigenvalue weighted by atomic mass is 16.5. The maximum Gasteiger partial charge on any atom is 0.337 e. The number of benzene rings is 2. The van der Waals surface area contributed by atoms with Crippen molar-refractivity contribution in [1.29, 1.82) is 0 Å². The van der Waals surface area contributed by atoms with Crippen molar-refractivity contribution in [3.8, 4) is 17.2 Å². The summed E-state index contributed by atoms with van der Waals surface area (Å²) in [6, 6.07) is 7.37. The predicted octanol–water partition coefficient (Wildman–Crippen LogP) is 3.67. The number of amides is 3. The highest BCUT2D eigenvalue weighted by Gasteiger charge is 2.17. The maximum atomic E-state index is 12.4.